The molecule has 0 radical (unpaired) electrons. The monoisotopic (exact) mass is 425 g/mol. The van der Waals surface area contributed by atoms with Crippen molar-refractivity contribution in [3.8, 4) is 0 Å². The van der Waals surface area contributed by atoms with E-state index in [1.54, 1.807) is 0 Å². The molecule has 7 heteroatoms. The highest BCUT2D eigenvalue weighted by Crippen LogP contribution is 2.37. The van der Waals surface area contributed by atoms with Crippen LogP contribution >= 0.6 is 0 Å². The van der Waals surface area contributed by atoms with Crippen molar-refractivity contribution in [3.05, 3.63) is 29.8 Å². The van der Waals surface area contributed by atoms with E-state index in [-0.39, 0.29) is 29.8 Å². The highest BCUT2D eigenvalue weighted by Gasteiger charge is 2.50. The SMILES string of the molecule is CCN1C(=O)C2CCNN2C2CCC(C(=O)NCc3ccc(N4CCCC4)cc3)CC21. The van der Waals surface area contributed by atoms with Crippen LogP contribution in [0.2, 0.25) is 0 Å². The van der Waals surface area contributed by atoms with Crippen LogP contribution in [0.5, 0.6) is 0 Å². The summed E-state index contributed by atoms with van der Waals surface area (Å²) in [6.07, 6.45) is 6.04. The Kier molecular flexibility index (Phi) is 5.89. The maximum absolute atomic E-state index is 13.0. The molecule has 168 valence electrons. The van der Waals surface area contributed by atoms with Gasteiger partial charge in [-0.3, -0.25) is 15.0 Å². The van der Waals surface area contributed by atoms with Gasteiger partial charge in [-0.25, -0.2) is 5.01 Å². The molecule has 7 nitrogen and oxygen atoms in total. The average molecular weight is 426 g/mol. The molecule has 2 amide bonds. The van der Waals surface area contributed by atoms with Crippen LogP contribution in [-0.4, -0.2) is 66.0 Å². The van der Waals surface area contributed by atoms with Crippen LogP contribution in [0.15, 0.2) is 24.3 Å². The second-order valence-corrected chi connectivity index (χ2v) is 9.47. The molecule has 0 bridgehead atoms. The lowest BCUT2D eigenvalue weighted by molar-refractivity contribution is -0.155. The molecule has 3 saturated heterocycles. The molecule has 0 spiro atoms. The summed E-state index contributed by atoms with van der Waals surface area (Å²) in [5.41, 5.74) is 5.85. The first-order chi connectivity index (χ1) is 15.2. The average Bonchev–Trinajstić information content (AvgIpc) is 3.50. The van der Waals surface area contributed by atoms with Crippen molar-refractivity contribution in [2.75, 3.05) is 31.1 Å². The van der Waals surface area contributed by atoms with Crippen LogP contribution in [0.3, 0.4) is 0 Å². The predicted octanol–water partition coefficient (Wildman–Crippen LogP) is 1.88. The van der Waals surface area contributed by atoms with E-state index in [9.17, 15) is 9.59 Å². The first kappa shape index (κ1) is 20.8. The zero-order valence-electron chi connectivity index (χ0n) is 18.6. The normalized spacial score (nSPS) is 30.9. The van der Waals surface area contributed by atoms with Crippen LogP contribution in [0.1, 0.15) is 51.0 Å². The van der Waals surface area contributed by atoms with Gasteiger partial charge in [0.15, 0.2) is 0 Å². The molecule has 2 N–H and O–H groups in total. The lowest BCUT2D eigenvalue weighted by atomic mass is 9.78. The number of piperazine rings is 1. The minimum absolute atomic E-state index is 0.0184. The minimum atomic E-state index is -0.0221. The van der Waals surface area contributed by atoms with Gasteiger partial charge >= 0.3 is 0 Å². The van der Waals surface area contributed by atoms with Gasteiger partial charge in [0.25, 0.3) is 0 Å². The summed E-state index contributed by atoms with van der Waals surface area (Å²) >= 11 is 0. The maximum Gasteiger partial charge on any atom is 0.241 e. The van der Waals surface area contributed by atoms with Gasteiger partial charge in [0, 0.05) is 56.4 Å². The summed E-state index contributed by atoms with van der Waals surface area (Å²) < 4.78 is 0. The van der Waals surface area contributed by atoms with Crippen LogP contribution in [0.4, 0.5) is 5.69 Å². The van der Waals surface area contributed by atoms with Crippen LogP contribution < -0.4 is 15.6 Å². The topological polar surface area (TPSA) is 67.9 Å². The Balaban J connectivity index is 1.18. The number of amides is 2. The number of anilines is 1. The van der Waals surface area contributed by atoms with E-state index in [1.165, 1.54) is 18.5 Å². The third kappa shape index (κ3) is 3.94. The molecule has 31 heavy (non-hydrogen) atoms. The molecule has 0 aromatic heterocycles. The summed E-state index contributed by atoms with van der Waals surface area (Å²) in [6, 6.07) is 9.03. The largest absolute Gasteiger partial charge is 0.372 e. The Morgan fingerprint density at radius 3 is 2.61 bits per heavy atom. The molecule has 1 aromatic rings. The van der Waals surface area contributed by atoms with Gasteiger partial charge in [0.05, 0.1) is 0 Å². The maximum atomic E-state index is 13.0. The fourth-order valence-electron chi connectivity index (χ4n) is 6.08. The number of carbonyl (C=O) groups is 2. The Morgan fingerprint density at radius 1 is 1.10 bits per heavy atom. The van der Waals surface area contributed by atoms with E-state index in [2.05, 4.69) is 51.8 Å². The first-order valence-electron chi connectivity index (χ1n) is 12.1. The lowest BCUT2D eigenvalue weighted by Gasteiger charge is -2.51. The number of hydrogen-bond donors (Lipinski definition) is 2. The molecule has 4 atom stereocenters. The summed E-state index contributed by atoms with van der Waals surface area (Å²) in [7, 11) is 0. The van der Waals surface area contributed by atoms with E-state index < -0.39 is 0 Å². The fourth-order valence-corrected chi connectivity index (χ4v) is 6.08. The smallest absolute Gasteiger partial charge is 0.241 e. The third-order valence-corrected chi connectivity index (χ3v) is 7.74. The van der Waals surface area contributed by atoms with Gasteiger partial charge in [-0.1, -0.05) is 12.1 Å². The van der Waals surface area contributed by atoms with E-state index in [1.807, 2.05) is 4.90 Å². The van der Waals surface area contributed by atoms with E-state index >= 15 is 0 Å². The van der Waals surface area contributed by atoms with Crippen molar-refractivity contribution in [2.24, 2.45) is 5.92 Å². The van der Waals surface area contributed by atoms with Gasteiger partial charge in [-0.15, -0.1) is 0 Å². The van der Waals surface area contributed by atoms with Crippen molar-refractivity contribution < 1.29 is 9.59 Å². The molecule has 3 heterocycles. The van der Waals surface area contributed by atoms with Crippen molar-refractivity contribution in [1.29, 1.82) is 0 Å². The molecule has 1 saturated carbocycles. The summed E-state index contributed by atoms with van der Waals surface area (Å²) in [6.45, 7) is 6.51. The second-order valence-electron chi connectivity index (χ2n) is 9.47. The molecule has 4 unspecified atom stereocenters. The van der Waals surface area contributed by atoms with Gasteiger partial charge in [-0.2, -0.15) is 0 Å². The zero-order valence-corrected chi connectivity index (χ0v) is 18.6. The Morgan fingerprint density at radius 2 is 1.87 bits per heavy atom. The fraction of sp³-hybridized carbons (Fsp3) is 0.667. The van der Waals surface area contributed by atoms with Crippen molar-refractivity contribution in [3.63, 3.8) is 0 Å². The van der Waals surface area contributed by atoms with Gasteiger partial charge < -0.3 is 15.1 Å². The standard InChI is InChI=1S/C24H35N5O2/c1-2-28-22-15-18(7-10-20(22)29-21(24(28)31)11-12-26-29)23(30)25-16-17-5-8-19(9-6-17)27-13-3-4-14-27/h5-6,8-9,18,20-22,26H,2-4,7,10-16H2,1H3,(H,25,30). The summed E-state index contributed by atoms with van der Waals surface area (Å²) in [5.74, 6) is 0.334. The number of nitrogens with one attached hydrogen (secondary N) is 2. The lowest BCUT2D eigenvalue weighted by Crippen LogP contribution is -2.68. The Bertz CT molecular complexity index is 807. The molecule has 1 aromatic carbocycles. The number of hydrazine groups is 1. The van der Waals surface area contributed by atoms with Gasteiger partial charge in [0.2, 0.25) is 11.8 Å². The minimum Gasteiger partial charge on any atom is -0.372 e. The van der Waals surface area contributed by atoms with Gasteiger partial charge in [0.1, 0.15) is 6.04 Å². The predicted molar refractivity (Wildman–Crippen MR) is 120 cm³/mol. The van der Waals surface area contributed by atoms with E-state index in [0.29, 0.717) is 12.6 Å². The molecular weight excluding hydrogens is 390 g/mol. The Labute approximate surface area is 185 Å². The van der Waals surface area contributed by atoms with Crippen LogP contribution in [-0.2, 0) is 16.1 Å². The summed E-state index contributed by atoms with van der Waals surface area (Å²) in [4.78, 5) is 30.4. The van der Waals surface area contributed by atoms with Crippen molar-refractivity contribution >= 4 is 17.5 Å². The molecule has 1 aliphatic carbocycles. The molecule has 4 fully saturated rings. The Hall–Kier alpha value is -2.12. The second kappa shape index (κ2) is 8.79. The van der Waals surface area contributed by atoms with E-state index in [4.69, 9.17) is 0 Å². The number of rotatable bonds is 5. The number of benzene rings is 1. The first-order valence-corrected chi connectivity index (χ1v) is 12.1. The summed E-state index contributed by atoms with van der Waals surface area (Å²) in [5, 5.41) is 5.36. The number of carbonyl (C=O) groups excluding carboxylic acids is 2. The highest BCUT2D eigenvalue weighted by molar-refractivity contribution is 5.84. The van der Waals surface area contributed by atoms with Crippen LogP contribution in [0, 0.1) is 5.92 Å². The molecule has 4 aliphatic rings. The van der Waals surface area contributed by atoms with Crippen LogP contribution in [0.25, 0.3) is 0 Å². The molecule has 3 aliphatic heterocycles. The number of likely N-dealkylation sites (N-methyl/N-ethyl adjacent to an activating group) is 1. The van der Waals surface area contributed by atoms with Crippen molar-refractivity contribution in [1.82, 2.24) is 20.7 Å². The van der Waals surface area contributed by atoms with Gasteiger partial charge in [-0.05, 0) is 63.1 Å². The molecular formula is C24H35N5O2. The zero-order chi connectivity index (χ0) is 21.4. The number of nitrogens with zero attached hydrogens (tertiary/aromatic N) is 3. The number of hydrogen-bond acceptors (Lipinski definition) is 5. The number of fused-ring (bicyclic) bond motifs is 3. The third-order valence-electron chi connectivity index (χ3n) is 7.74. The molecule has 5 rings (SSSR count). The highest BCUT2D eigenvalue weighted by atomic mass is 16.2. The van der Waals surface area contributed by atoms with Crippen molar-refractivity contribution in [2.45, 2.75) is 70.1 Å². The quantitative estimate of drug-likeness (QED) is 0.754. The van der Waals surface area contributed by atoms with E-state index in [0.717, 1.165) is 57.4 Å².